The van der Waals surface area contributed by atoms with Crippen molar-refractivity contribution in [3.8, 4) is 0 Å². The fraction of sp³-hybridized carbons (Fsp3) is 0.714. The Morgan fingerprint density at radius 1 is 1.35 bits per heavy atom. The Bertz CT molecular complexity index is 442. The summed E-state index contributed by atoms with van der Waals surface area (Å²) in [5.41, 5.74) is 5.88. The predicted octanol–water partition coefficient (Wildman–Crippen LogP) is 2.91. The van der Waals surface area contributed by atoms with Gasteiger partial charge in [0.15, 0.2) is 5.13 Å². The van der Waals surface area contributed by atoms with Crippen molar-refractivity contribution in [1.29, 1.82) is 0 Å². The Morgan fingerprint density at radius 2 is 2.00 bits per heavy atom. The second-order valence-electron chi connectivity index (χ2n) is 5.75. The molecule has 6 heteroatoms. The Labute approximate surface area is 125 Å². The molecule has 0 aliphatic heterocycles. The first-order valence-corrected chi connectivity index (χ1v) is 7.96. The van der Waals surface area contributed by atoms with Crippen molar-refractivity contribution < 1.29 is 4.79 Å². The molecular weight excluding hydrogens is 272 g/mol. The summed E-state index contributed by atoms with van der Waals surface area (Å²) >= 11 is 1.34. The number of carbonyl (C=O) groups excluding carboxylic acids is 1. The van der Waals surface area contributed by atoms with Gasteiger partial charge in [-0.3, -0.25) is 4.79 Å². The molecule has 1 aromatic heterocycles. The molecule has 0 radical (unpaired) electrons. The van der Waals surface area contributed by atoms with Gasteiger partial charge in [-0.25, -0.2) is 4.98 Å². The lowest BCUT2D eigenvalue weighted by atomic mass is 10.2. The van der Waals surface area contributed by atoms with Gasteiger partial charge in [0.25, 0.3) is 5.91 Å². The van der Waals surface area contributed by atoms with Crippen molar-refractivity contribution >= 4 is 28.2 Å². The zero-order chi connectivity index (χ0) is 15.3. The van der Waals surface area contributed by atoms with Gasteiger partial charge in [0, 0.05) is 19.6 Å². The molecule has 0 fully saturated rings. The second-order valence-corrected chi connectivity index (χ2v) is 6.74. The van der Waals surface area contributed by atoms with Crippen LogP contribution in [0.3, 0.4) is 0 Å². The van der Waals surface area contributed by atoms with E-state index in [-0.39, 0.29) is 5.91 Å². The lowest BCUT2D eigenvalue weighted by Crippen LogP contribution is -2.33. The van der Waals surface area contributed by atoms with Crippen LogP contribution in [0.2, 0.25) is 0 Å². The van der Waals surface area contributed by atoms with Crippen LogP contribution in [-0.4, -0.2) is 35.4 Å². The lowest BCUT2D eigenvalue weighted by Gasteiger charge is -2.22. The largest absolute Gasteiger partial charge is 0.382 e. The van der Waals surface area contributed by atoms with Gasteiger partial charge in [0.1, 0.15) is 10.7 Å². The van der Waals surface area contributed by atoms with Gasteiger partial charge in [0.05, 0.1) is 0 Å². The normalized spacial score (nSPS) is 11.2. The highest BCUT2D eigenvalue weighted by atomic mass is 32.1. The molecule has 0 saturated carbocycles. The molecule has 0 aliphatic rings. The van der Waals surface area contributed by atoms with Gasteiger partial charge in [-0.15, -0.1) is 0 Å². The van der Waals surface area contributed by atoms with Crippen LogP contribution in [0.25, 0.3) is 0 Å². The first kappa shape index (κ1) is 16.8. The maximum atomic E-state index is 12.5. The molecule has 5 nitrogen and oxygen atoms in total. The van der Waals surface area contributed by atoms with Crippen molar-refractivity contribution in [1.82, 2.24) is 9.88 Å². The number of nitrogen functional groups attached to an aromatic ring is 1. The highest BCUT2D eigenvalue weighted by molar-refractivity contribution is 7.18. The number of nitrogens with one attached hydrogen (secondary N) is 1. The maximum absolute atomic E-state index is 12.5. The van der Waals surface area contributed by atoms with Crippen molar-refractivity contribution in [2.45, 2.75) is 34.6 Å². The highest BCUT2D eigenvalue weighted by Crippen LogP contribution is 2.26. The number of hydrogen-bond acceptors (Lipinski definition) is 5. The zero-order valence-corrected chi connectivity index (χ0v) is 13.9. The Balaban J connectivity index is 2.81. The molecule has 0 spiro atoms. The molecule has 0 aromatic carbocycles. The molecule has 1 amide bonds. The predicted molar refractivity (Wildman–Crippen MR) is 86.3 cm³/mol. The first-order chi connectivity index (χ1) is 9.35. The number of anilines is 2. The van der Waals surface area contributed by atoms with Crippen LogP contribution in [0.4, 0.5) is 10.9 Å². The fourth-order valence-corrected chi connectivity index (χ4v) is 2.65. The van der Waals surface area contributed by atoms with Crippen LogP contribution in [0.5, 0.6) is 0 Å². The number of rotatable bonds is 7. The summed E-state index contributed by atoms with van der Waals surface area (Å²) in [6, 6.07) is 0. The van der Waals surface area contributed by atoms with Crippen molar-refractivity contribution in [2.75, 3.05) is 30.7 Å². The number of nitrogens with zero attached hydrogens (tertiary/aromatic N) is 2. The van der Waals surface area contributed by atoms with Gasteiger partial charge in [-0.05, 0) is 18.8 Å². The van der Waals surface area contributed by atoms with Gasteiger partial charge < -0.3 is 16.0 Å². The average molecular weight is 298 g/mol. The first-order valence-electron chi connectivity index (χ1n) is 7.14. The van der Waals surface area contributed by atoms with Crippen LogP contribution in [0.15, 0.2) is 0 Å². The summed E-state index contributed by atoms with van der Waals surface area (Å²) in [4.78, 5) is 19.1. The summed E-state index contributed by atoms with van der Waals surface area (Å²) < 4.78 is 0. The molecule has 0 bridgehead atoms. The average Bonchev–Trinajstić information content (AvgIpc) is 2.73. The second kappa shape index (κ2) is 7.47. The van der Waals surface area contributed by atoms with Crippen LogP contribution < -0.4 is 11.1 Å². The molecule has 3 N–H and O–H groups in total. The fourth-order valence-electron chi connectivity index (χ4n) is 1.79. The lowest BCUT2D eigenvalue weighted by molar-refractivity contribution is 0.0751. The van der Waals surface area contributed by atoms with E-state index in [1.54, 1.807) is 0 Å². The number of carbonyl (C=O) groups is 1. The molecule has 0 saturated heterocycles. The van der Waals surface area contributed by atoms with Gasteiger partial charge in [-0.1, -0.05) is 39.0 Å². The summed E-state index contributed by atoms with van der Waals surface area (Å²) in [6.07, 6.45) is 0. The van der Waals surface area contributed by atoms with E-state index in [9.17, 15) is 4.79 Å². The molecule has 20 heavy (non-hydrogen) atoms. The van der Waals surface area contributed by atoms with Gasteiger partial charge in [-0.2, -0.15) is 0 Å². The molecule has 1 rings (SSSR count). The monoisotopic (exact) mass is 298 g/mol. The molecular formula is C14H26N4OS. The maximum Gasteiger partial charge on any atom is 0.267 e. The minimum absolute atomic E-state index is 0.0196. The van der Waals surface area contributed by atoms with Gasteiger partial charge >= 0.3 is 0 Å². The number of hydrogen-bond donors (Lipinski definition) is 2. The third-order valence-electron chi connectivity index (χ3n) is 2.76. The zero-order valence-electron chi connectivity index (χ0n) is 13.1. The minimum Gasteiger partial charge on any atom is -0.382 e. The smallest absolute Gasteiger partial charge is 0.267 e. The summed E-state index contributed by atoms with van der Waals surface area (Å²) in [5.74, 6) is 1.26. The number of amides is 1. The van der Waals surface area contributed by atoms with E-state index in [1.165, 1.54) is 11.3 Å². The number of aromatic nitrogens is 1. The van der Waals surface area contributed by atoms with E-state index < -0.39 is 0 Å². The quantitative estimate of drug-likeness (QED) is 0.812. The van der Waals surface area contributed by atoms with E-state index in [4.69, 9.17) is 5.73 Å². The van der Waals surface area contributed by atoms with Gasteiger partial charge in [0.2, 0.25) is 0 Å². The van der Waals surface area contributed by atoms with Crippen molar-refractivity contribution in [3.63, 3.8) is 0 Å². The molecule has 0 unspecified atom stereocenters. The van der Waals surface area contributed by atoms with E-state index in [1.807, 2.05) is 11.8 Å². The molecule has 1 heterocycles. The van der Waals surface area contributed by atoms with Crippen LogP contribution in [-0.2, 0) is 0 Å². The standard InChI is InChI=1S/C14H26N4OS/c1-6-18(8-10(4)5)13(19)11-12(15)17-14(20-11)16-7-9(2)3/h9-10H,6-8,15H2,1-5H3,(H,16,17). The van der Waals surface area contributed by atoms with E-state index in [0.29, 0.717) is 29.1 Å². The Morgan fingerprint density at radius 3 is 2.50 bits per heavy atom. The van der Waals surface area contributed by atoms with Crippen LogP contribution in [0.1, 0.15) is 44.3 Å². The molecule has 1 aromatic rings. The minimum atomic E-state index is -0.0196. The SMILES string of the molecule is CCN(CC(C)C)C(=O)c1sc(NCC(C)C)nc1N. The molecule has 0 atom stereocenters. The van der Waals surface area contributed by atoms with E-state index in [2.05, 4.69) is 38.0 Å². The van der Waals surface area contributed by atoms with E-state index in [0.717, 1.165) is 18.2 Å². The number of thiazole rings is 1. The Kier molecular flexibility index (Phi) is 6.26. The third kappa shape index (κ3) is 4.67. The number of nitrogens with two attached hydrogens (primary N) is 1. The third-order valence-corrected chi connectivity index (χ3v) is 3.78. The molecule has 114 valence electrons. The van der Waals surface area contributed by atoms with E-state index >= 15 is 0 Å². The highest BCUT2D eigenvalue weighted by Gasteiger charge is 2.21. The summed E-state index contributed by atoms with van der Waals surface area (Å²) in [5, 5.41) is 3.94. The van der Waals surface area contributed by atoms with Crippen molar-refractivity contribution in [2.24, 2.45) is 11.8 Å². The topological polar surface area (TPSA) is 71.2 Å². The summed E-state index contributed by atoms with van der Waals surface area (Å²) in [6.45, 7) is 12.7. The van der Waals surface area contributed by atoms with Crippen molar-refractivity contribution in [3.05, 3.63) is 4.88 Å². The van der Waals surface area contributed by atoms with Crippen LogP contribution >= 0.6 is 11.3 Å². The molecule has 0 aliphatic carbocycles. The summed E-state index contributed by atoms with van der Waals surface area (Å²) in [7, 11) is 0. The Hall–Kier alpha value is -1.30. The van der Waals surface area contributed by atoms with Crippen LogP contribution in [0, 0.1) is 11.8 Å².